The highest BCUT2D eigenvalue weighted by Crippen LogP contribution is 2.31. The number of carbonyl (C=O) groups is 1. The monoisotopic (exact) mass is 380 g/mol. The van der Waals surface area contributed by atoms with Crippen molar-refractivity contribution in [1.82, 2.24) is 0 Å². The molecule has 1 aliphatic carbocycles. The number of ketones is 1. The molecule has 0 aliphatic heterocycles. The van der Waals surface area contributed by atoms with Gasteiger partial charge in [0.15, 0.2) is 17.4 Å². The van der Waals surface area contributed by atoms with E-state index >= 15 is 0 Å². The van der Waals surface area contributed by atoms with Crippen LogP contribution in [0.2, 0.25) is 0 Å². The number of benzene rings is 3. The third-order valence-electron chi connectivity index (χ3n) is 4.60. The summed E-state index contributed by atoms with van der Waals surface area (Å²) in [6.07, 6.45) is 2.25. The highest BCUT2D eigenvalue weighted by molar-refractivity contribution is 6.15. The van der Waals surface area contributed by atoms with Crippen LogP contribution in [0.3, 0.4) is 0 Å². The molecule has 0 fully saturated rings. The Morgan fingerprint density at radius 3 is 2.43 bits per heavy atom. The molecule has 0 heterocycles. The summed E-state index contributed by atoms with van der Waals surface area (Å²) in [4.78, 5) is 12.7. The minimum atomic E-state index is -0.930. The molecule has 0 spiro atoms. The lowest BCUT2D eigenvalue weighted by Crippen LogP contribution is -1.99. The third kappa shape index (κ3) is 3.69. The first-order chi connectivity index (χ1) is 13.5. The SMILES string of the molecule is O=C1/C(=C/c2ccc(F)cc2)Cc2ccc(OCc3ccc(F)c(F)c3)cc21. The summed E-state index contributed by atoms with van der Waals surface area (Å²) >= 11 is 0. The smallest absolute Gasteiger partial charge is 0.189 e. The van der Waals surface area contributed by atoms with Crippen molar-refractivity contribution >= 4 is 11.9 Å². The van der Waals surface area contributed by atoms with Crippen LogP contribution in [0, 0.1) is 17.5 Å². The predicted octanol–water partition coefficient (Wildman–Crippen LogP) is 5.51. The van der Waals surface area contributed by atoms with Crippen molar-refractivity contribution in [3.8, 4) is 5.75 Å². The zero-order valence-corrected chi connectivity index (χ0v) is 14.7. The van der Waals surface area contributed by atoms with E-state index < -0.39 is 11.6 Å². The molecule has 0 saturated carbocycles. The van der Waals surface area contributed by atoms with Gasteiger partial charge < -0.3 is 4.74 Å². The number of fused-ring (bicyclic) bond motifs is 1. The highest BCUT2D eigenvalue weighted by atomic mass is 19.2. The fourth-order valence-corrected chi connectivity index (χ4v) is 3.14. The number of allylic oxidation sites excluding steroid dienone is 1. The predicted molar refractivity (Wildman–Crippen MR) is 99.5 cm³/mol. The second kappa shape index (κ2) is 7.35. The molecule has 2 nitrogen and oxygen atoms in total. The van der Waals surface area contributed by atoms with Gasteiger partial charge in [-0.1, -0.05) is 24.3 Å². The topological polar surface area (TPSA) is 26.3 Å². The van der Waals surface area contributed by atoms with Crippen LogP contribution in [-0.2, 0) is 13.0 Å². The van der Waals surface area contributed by atoms with E-state index in [1.165, 1.54) is 18.2 Å². The van der Waals surface area contributed by atoms with E-state index in [9.17, 15) is 18.0 Å². The standard InChI is InChI=1S/C23H15F3O2/c24-18-5-1-14(2-6-18)9-17-11-16-4-7-19(12-20(16)23(17)27)28-13-15-3-8-21(25)22(26)10-15/h1-10,12H,11,13H2/b17-9+. The zero-order valence-electron chi connectivity index (χ0n) is 14.7. The summed E-state index contributed by atoms with van der Waals surface area (Å²) in [5.41, 5.74) is 3.31. The summed E-state index contributed by atoms with van der Waals surface area (Å²) in [5, 5.41) is 0. The molecular weight excluding hydrogens is 365 g/mol. The maximum atomic E-state index is 13.3. The van der Waals surface area contributed by atoms with Gasteiger partial charge in [0, 0.05) is 17.6 Å². The van der Waals surface area contributed by atoms with Gasteiger partial charge in [0.2, 0.25) is 0 Å². The van der Waals surface area contributed by atoms with Crippen molar-refractivity contribution in [3.05, 3.63) is 106 Å². The number of hydrogen-bond acceptors (Lipinski definition) is 2. The van der Waals surface area contributed by atoms with Gasteiger partial charge in [-0.05, 0) is 59.2 Å². The van der Waals surface area contributed by atoms with Crippen LogP contribution in [0.4, 0.5) is 13.2 Å². The van der Waals surface area contributed by atoms with E-state index in [-0.39, 0.29) is 18.2 Å². The molecule has 0 aromatic heterocycles. The van der Waals surface area contributed by atoms with E-state index in [1.54, 1.807) is 30.3 Å². The van der Waals surface area contributed by atoms with Gasteiger partial charge in [0.05, 0.1) is 0 Å². The summed E-state index contributed by atoms with van der Waals surface area (Å²) in [6.45, 7) is 0.0580. The second-order valence-corrected chi connectivity index (χ2v) is 6.58. The van der Waals surface area contributed by atoms with Crippen LogP contribution < -0.4 is 4.74 Å². The summed E-state index contributed by atoms with van der Waals surface area (Å²) in [7, 11) is 0. The zero-order chi connectivity index (χ0) is 19.7. The van der Waals surface area contributed by atoms with Gasteiger partial charge in [-0.3, -0.25) is 4.79 Å². The van der Waals surface area contributed by atoms with E-state index in [1.807, 2.05) is 6.07 Å². The van der Waals surface area contributed by atoms with Crippen molar-refractivity contribution in [2.45, 2.75) is 13.0 Å². The molecule has 0 N–H and O–H groups in total. The third-order valence-corrected chi connectivity index (χ3v) is 4.60. The van der Waals surface area contributed by atoms with Gasteiger partial charge in [-0.15, -0.1) is 0 Å². The molecule has 0 radical (unpaired) electrons. The van der Waals surface area contributed by atoms with Crippen LogP contribution in [0.25, 0.3) is 6.08 Å². The van der Waals surface area contributed by atoms with E-state index in [2.05, 4.69) is 0 Å². The van der Waals surface area contributed by atoms with Crippen LogP contribution in [0.15, 0.2) is 66.2 Å². The van der Waals surface area contributed by atoms with Gasteiger partial charge in [0.25, 0.3) is 0 Å². The molecular formula is C23H15F3O2. The average Bonchev–Trinajstić information content (AvgIpc) is 3.00. The van der Waals surface area contributed by atoms with Crippen molar-refractivity contribution < 1.29 is 22.7 Å². The Morgan fingerprint density at radius 2 is 1.68 bits per heavy atom. The number of rotatable bonds is 4. The molecule has 5 heteroatoms. The molecule has 3 aromatic carbocycles. The van der Waals surface area contributed by atoms with Crippen LogP contribution in [-0.4, -0.2) is 5.78 Å². The number of Topliss-reactive ketones (excluding diaryl/α,β-unsaturated/α-hetero) is 1. The Kier molecular flexibility index (Phi) is 4.74. The lowest BCUT2D eigenvalue weighted by molar-refractivity contribution is 0.104. The number of carbonyl (C=O) groups excluding carboxylic acids is 1. The number of hydrogen-bond donors (Lipinski definition) is 0. The fourth-order valence-electron chi connectivity index (χ4n) is 3.14. The summed E-state index contributed by atoms with van der Waals surface area (Å²) in [5.74, 6) is -1.79. The Labute approximate surface area is 159 Å². The first kappa shape index (κ1) is 18.0. The molecule has 28 heavy (non-hydrogen) atoms. The molecule has 0 bridgehead atoms. The molecule has 0 unspecified atom stereocenters. The second-order valence-electron chi connectivity index (χ2n) is 6.58. The van der Waals surface area contributed by atoms with E-state index in [0.717, 1.165) is 23.3 Å². The van der Waals surface area contributed by atoms with Crippen molar-refractivity contribution in [2.24, 2.45) is 0 Å². The fraction of sp³-hybridized carbons (Fsp3) is 0.0870. The first-order valence-electron chi connectivity index (χ1n) is 8.70. The average molecular weight is 380 g/mol. The molecule has 0 saturated heterocycles. The molecule has 4 rings (SSSR count). The number of halogens is 3. The minimum Gasteiger partial charge on any atom is -0.489 e. The Hall–Kier alpha value is -3.34. The van der Waals surface area contributed by atoms with Gasteiger partial charge in [0.1, 0.15) is 18.2 Å². The van der Waals surface area contributed by atoms with Crippen LogP contribution in [0.1, 0.15) is 27.0 Å². The van der Waals surface area contributed by atoms with Crippen molar-refractivity contribution in [1.29, 1.82) is 0 Å². The normalized spacial score (nSPS) is 14.4. The van der Waals surface area contributed by atoms with Crippen LogP contribution >= 0.6 is 0 Å². The summed E-state index contributed by atoms with van der Waals surface area (Å²) in [6, 6.07) is 14.7. The molecule has 0 amide bonds. The highest BCUT2D eigenvalue weighted by Gasteiger charge is 2.25. The lowest BCUT2D eigenvalue weighted by Gasteiger charge is -2.08. The van der Waals surface area contributed by atoms with Gasteiger partial charge in [-0.2, -0.15) is 0 Å². The quantitative estimate of drug-likeness (QED) is 0.558. The van der Waals surface area contributed by atoms with E-state index in [0.29, 0.717) is 28.9 Å². The Morgan fingerprint density at radius 1 is 0.893 bits per heavy atom. The molecule has 3 aromatic rings. The largest absolute Gasteiger partial charge is 0.489 e. The maximum Gasteiger partial charge on any atom is 0.189 e. The van der Waals surface area contributed by atoms with Gasteiger partial charge in [-0.25, -0.2) is 13.2 Å². The maximum absolute atomic E-state index is 13.3. The number of ether oxygens (including phenoxy) is 1. The Balaban J connectivity index is 1.50. The molecule has 0 atom stereocenters. The van der Waals surface area contributed by atoms with Crippen molar-refractivity contribution in [2.75, 3.05) is 0 Å². The summed E-state index contributed by atoms with van der Waals surface area (Å²) < 4.78 is 44.9. The first-order valence-corrected chi connectivity index (χ1v) is 8.70. The molecule has 1 aliphatic rings. The van der Waals surface area contributed by atoms with Crippen molar-refractivity contribution in [3.63, 3.8) is 0 Å². The van der Waals surface area contributed by atoms with Gasteiger partial charge >= 0.3 is 0 Å². The lowest BCUT2D eigenvalue weighted by atomic mass is 10.1. The Bertz CT molecular complexity index is 1090. The van der Waals surface area contributed by atoms with E-state index in [4.69, 9.17) is 4.74 Å². The molecule has 140 valence electrons. The van der Waals surface area contributed by atoms with Crippen LogP contribution in [0.5, 0.6) is 5.75 Å². The minimum absolute atomic E-state index is 0.0580.